The van der Waals surface area contributed by atoms with Gasteiger partial charge in [-0.3, -0.25) is 4.79 Å². The minimum atomic E-state index is -0.364. The summed E-state index contributed by atoms with van der Waals surface area (Å²) in [5.74, 6) is 1.44. The van der Waals surface area contributed by atoms with Crippen LogP contribution in [-0.4, -0.2) is 33.2 Å². The van der Waals surface area contributed by atoms with Crippen LogP contribution in [0.3, 0.4) is 0 Å². The third-order valence-electron chi connectivity index (χ3n) is 6.04. The van der Waals surface area contributed by atoms with Crippen LogP contribution in [0.25, 0.3) is 0 Å². The standard InChI is InChI=1S/C21H26N6O2/c22-12-16-8-9-18(27-26-16)23-14-21(10-4-1-5-11-21)25-19(28)17-13-29-20(24-17)15-6-2-3-7-15/h8-9,13,15H,1-7,10-11,14H2,(H,23,27)(H,25,28). The van der Waals surface area contributed by atoms with Crippen LogP contribution in [0.2, 0.25) is 0 Å². The van der Waals surface area contributed by atoms with Gasteiger partial charge in [0.2, 0.25) is 0 Å². The molecule has 2 aromatic heterocycles. The molecule has 8 nitrogen and oxygen atoms in total. The van der Waals surface area contributed by atoms with Crippen molar-refractivity contribution in [1.82, 2.24) is 20.5 Å². The molecule has 152 valence electrons. The van der Waals surface area contributed by atoms with Gasteiger partial charge in [-0.25, -0.2) is 4.98 Å². The van der Waals surface area contributed by atoms with Crippen molar-refractivity contribution in [3.63, 3.8) is 0 Å². The van der Waals surface area contributed by atoms with Crippen molar-refractivity contribution in [2.24, 2.45) is 0 Å². The second-order valence-corrected chi connectivity index (χ2v) is 8.12. The van der Waals surface area contributed by atoms with Gasteiger partial charge in [-0.2, -0.15) is 5.26 Å². The molecule has 0 radical (unpaired) electrons. The largest absolute Gasteiger partial charge is 0.448 e. The van der Waals surface area contributed by atoms with E-state index in [1.807, 2.05) is 6.07 Å². The highest BCUT2D eigenvalue weighted by Crippen LogP contribution is 2.34. The van der Waals surface area contributed by atoms with Crippen LogP contribution in [0.15, 0.2) is 22.8 Å². The fourth-order valence-corrected chi connectivity index (χ4v) is 4.38. The normalized spacial score (nSPS) is 18.9. The van der Waals surface area contributed by atoms with Crippen LogP contribution in [-0.2, 0) is 0 Å². The van der Waals surface area contributed by atoms with Crippen molar-refractivity contribution in [3.8, 4) is 6.07 Å². The molecular weight excluding hydrogens is 368 g/mol. The number of aromatic nitrogens is 3. The number of nitrogens with zero attached hydrogens (tertiary/aromatic N) is 4. The summed E-state index contributed by atoms with van der Waals surface area (Å²) in [6.45, 7) is 0.548. The van der Waals surface area contributed by atoms with Crippen LogP contribution in [0.1, 0.15) is 85.8 Å². The van der Waals surface area contributed by atoms with E-state index >= 15 is 0 Å². The highest BCUT2D eigenvalue weighted by molar-refractivity contribution is 5.92. The summed E-state index contributed by atoms with van der Waals surface area (Å²) in [4.78, 5) is 17.4. The van der Waals surface area contributed by atoms with Gasteiger partial charge in [0, 0.05) is 12.5 Å². The first kappa shape index (κ1) is 19.4. The van der Waals surface area contributed by atoms with Crippen molar-refractivity contribution < 1.29 is 9.21 Å². The van der Waals surface area contributed by atoms with Crippen molar-refractivity contribution in [2.45, 2.75) is 69.2 Å². The molecule has 2 aliphatic carbocycles. The van der Waals surface area contributed by atoms with Crippen LogP contribution < -0.4 is 10.6 Å². The number of hydrogen-bond donors (Lipinski definition) is 2. The van der Waals surface area contributed by atoms with Crippen molar-refractivity contribution in [3.05, 3.63) is 35.7 Å². The highest BCUT2D eigenvalue weighted by Gasteiger charge is 2.35. The van der Waals surface area contributed by atoms with Crippen LogP contribution in [0, 0.1) is 11.3 Å². The van der Waals surface area contributed by atoms with E-state index in [1.54, 1.807) is 12.1 Å². The van der Waals surface area contributed by atoms with Gasteiger partial charge in [0.25, 0.3) is 5.91 Å². The average Bonchev–Trinajstić information content (AvgIpc) is 3.45. The molecule has 29 heavy (non-hydrogen) atoms. The molecule has 2 aliphatic rings. The Morgan fingerprint density at radius 1 is 1.17 bits per heavy atom. The van der Waals surface area contributed by atoms with E-state index in [9.17, 15) is 4.79 Å². The smallest absolute Gasteiger partial charge is 0.273 e. The number of amides is 1. The number of hydrogen-bond acceptors (Lipinski definition) is 7. The monoisotopic (exact) mass is 394 g/mol. The second-order valence-electron chi connectivity index (χ2n) is 8.12. The molecule has 0 aromatic carbocycles. The molecule has 0 aliphatic heterocycles. The van der Waals surface area contributed by atoms with E-state index in [0.717, 1.165) is 38.5 Å². The predicted molar refractivity (Wildman–Crippen MR) is 106 cm³/mol. The van der Waals surface area contributed by atoms with Crippen molar-refractivity contribution >= 4 is 11.7 Å². The van der Waals surface area contributed by atoms with Gasteiger partial charge in [-0.15, -0.1) is 10.2 Å². The zero-order valence-electron chi connectivity index (χ0n) is 16.5. The van der Waals surface area contributed by atoms with Crippen LogP contribution in [0.4, 0.5) is 5.82 Å². The molecule has 4 rings (SSSR count). The number of oxazole rings is 1. The van der Waals surface area contributed by atoms with E-state index in [-0.39, 0.29) is 17.1 Å². The third kappa shape index (κ3) is 4.56. The van der Waals surface area contributed by atoms with E-state index in [2.05, 4.69) is 25.8 Å². The SMILES string of the molecule is N#Cc1ccc(NCC2(NC(=O)c3coc(C4CCCC4)n3)CCCCC2)nn1. The Balaban J connectivity index is 1.43. The summed E-state index contributed by atoms with van der Waals surface area (Å²) in [6.07, 6.45) is 11.1. The molecule has 1 amide bonds. The highest BCUT2D eigenvalue weighted by atomic mass is 16.3. The fraction of sp³-hybridized carbons (Fsp3) is 0.571. The summed E-state index contributed by atoms with van der Waals surface area (Å²) in [5.41, 5.74) is 0.271. The van der Waals surface area contributed by atoms with Gasteiger partial charge in [-0.1, -0.05) is 32.1 Å². The molecule has 0 atom stereocenters. The number of rotatable bonds is 6. The van der Waals surface area contributed by atoms with Gasteiger partial charge < -0.3 is 15.1 Å². The summed E-state index contributed by atoms with van der Waals surface area (Å²) < 4.78 is 5.61. The molecule has 0 saturated heterocycles. The summed E-state index contributed by atoms with van der Waals surface area (Å²) >= 11 is 0. The van der Waals surface area contributed by atoms with Crippen LogP contribution >= 0.6 is 0 Å². The van der Waals surface area contributed by atoms with Gasteiger partial charge in [0.15, 0.2) is 17.3 Å². The number of carbonyl (C=O) groups is 1. The number of anilines is 1. The molecular formula is C21H26N6O2. The lowest BCUT2D eigenvalue weighted by Crippen LogP contribution is -2.54. The Morgan fingerprint density at radius 2 is 1.97 bits per heavy atom. The molecule has 0 bridgehead atoms. The Hall–Kier alpha value is -2.95. The minimum Gasteiger partial charge on any atom is -0.448 e. The topological polar surface area (TPSA) is 117 Å². The molecule has 0 unspecified atom stereocenters. The zero-order chi connectivity index (χ0) is 20.1. The molecule has 2 fully saturated rings. The maximum absolute atomic E-state index is 12.9. The summed E-state index contributed by atoms with van der Waals surface area (Å²) in [5, 5.41) is 23.2. The minimum absolute atomic E-state index is 0.187. The van der Waals surface area contributed by atoms with E-state index < -0.39 is 0 Å². The number of carbonyl (C=O) groups excluding carboxylic acids is 1. The molecule has 2 saturated carbocycles. The van der Waals surface area contributed by atoms with E-state index in [1.165, 1.54) is 25.5 Å². The number of nitriles is 1. The molecule has 0 spiro atoms. The predicted octanol–water partition coefficient (Wildman–Crippen LogP) is 3.54. The fourth-order valence-electron chi connectivity index (χ4n) is 4.38. The Bertz CT molecular complexity index is 873. The maximum atomic E-state index is 12.9. The lowest BCUT2D eigenvalue weighted by Gasteiger charge is -2.38. The molecule has 2 heterocycles. The molecule has 2 aromatic rings. The van der Waals surface area contributed by atoms with Gasteiger partial charge >= 0.3 is 0 Å². The first-order valence-electron chi connectivity index (χ1n) is 10.4. The van der Waals surface area contributed by atoms with Gasteiger partial charge in [0.05, 0.1) is 5.54 Å². The lowest BCUT2D eigenvalue weighted by atomic mass is 9.81. The summed E-state index contributed by atoms with van der Waals surface area (Å²) in [7, 11) is 0. The van der Waals surface area contributed by atoms with E-state index in [4.69, 9.17) is 9.68 Å². The Morgan fingerprint density at radius 3 is 2.66 bits per heavy atom. The first-order chi connectivity index (χ1) is 14.2. The van der Waals surface area contributed by atoms with Gasteiger partial charge in [-0.05, 0) is 37.8 Å². The third-order valence-corrected chi connectivity index (χ3v) is 6.04. The van der Waals surface area contributed by atoms with Crippen LogP contribution in [0.5, 0.6) is 0 Å². The first-order valence-corrected chi connectivity index (χ1v) is 10.4. The maximum Gasteiger partial charge on any atom is 0.273 e. The Labute approximate surface area is 170 Å². The average molecular weight is 394 g/mol. The molecule has 8 heteroatoms. The quantitative estimate of drug-likeness (QED) is 0.769. The van der Waals surface area contributed by atoms with Crippen molar-refractivity contribution in [1.29, 1.82) is 5.26 Å². The number of nitrogens with one attached hydrogen (secondary N) is 2. The van der Waals surface area contributed by atoms with Crippen molar-refractivity contribution in [2.75, 3.05) is 11.9 Å². The molecule has 2 N–H and O–H groups in total. The van der Waals surface area contributed by atoms with Gasteiger partial charge in [0.1, 0.15) is 18.2 Å². The van der Waals surface area contributed by atoms with E-state index in [0.29, 0.717) is 29.9 Å². The Kier molecular flexibility index (Phi) is 5.74. The summed E-state index contributed by atoms with van der Waals surface area (Å²) in [6, 6.07) is 5.32. The second kappa shape index (κ2) is 8.60. The zero-order valence-corrected chi connectivity index (χ0v) is 16.5. The lowest BCUT2D eigenvalue weighted by molar-refractivity contribution is 0.0872.